The van der Waals surface area contributed by atoms with Crippen LogP contribution in [0, 0.1) is 38.7 Å². The number of rotatable bonds is 8. The summed E-state index contributed by atoms with van der Waals surface area (Å²) in [7, 11) is 0. The molecule has 4 aliphatic carbocycles. The molecule has 0 radical (unpaired) electrons. The molecule has 4 aliphatic rings. The third kappa shape index (κ3) is 5.37. The molecule has 1 aromatic rings. The second kappa shape index (κ2) is 11.2. The largest absolute Gasteiger partial charge is 0.480 e. The number of fused-ring (bicyclic) bond motifs is 5. The Morgan fingerprint density at radius 3 is 2.68 bits per heavy atom. The first-order valence-corrected chi connectivity index (χ1v) is 14.5. The van der Waals surface area contributed by atoms with Crippen molar-refractivity contribution in [3.8, 4) is 0 Å². The highest BCUT2D eigenvalue weighted by molar-refractivity contribution is 5.96. The van der Waals surface area contributed by atoms with Crippen molar-refractivity contribution in [2.24, 2.45) is 33.7 Å². The van der Waals surface area contributed by atoms with E-state index in [0.717, 1.165) is 56.7 Å². The standard InChI is InChI=1S/C30H39N3O8/c1-29-12-10-19(15-18(29)6-7-21-22-8-9-24(34)30(22,2)13-11-23(21)29)32-41-16-25(35)31-26(28(37)38)27(36)17-4-3-5-20(14-17)33(39)40/h3-5,14-15,21-24,26-27,34,36H,6-13,16H2,1-2H3,(H,31,35)(H,37,38)/t21-,22-,23-,24+,26+,27-,29+,30+/m1/s1. The van der Waals surface area contributed by atoms with Crippen LogP contribution in [-0.2, 0) is 14.4 Å². The highest BCUT2D eigenvalue weighted by Crippen LogP contribution is 2.65. The molecule has 0 aliphatic heterocycles. The molecular formula is C30H39N3O8. The zero-order chi connectivity index (χ0) is 29.5. The molecule has 0 bridgehead atoms. The van der Waals surface area contributed by atoms with E-state index < -0.39 is 35.6 Å². The van der Waals surface area contributed by atoms with Crippen LogP contribution in [0.15, 0.2) is 41.1 Å². The molecule has 222 valence electrons. The summed E-state index contributed by atoms with van der Waals surface area (Å²) in [6.45, 7) is 4.11. The van der Waals surface area contributed by atoms with E-state index in [-0.39, 0.29) is 28.2 Å². The van der Waals surface area contributed by atoms with Crippen LogP contribution in [0.1, 0.15) is 76.9 Å². The SMILES string of the molecule is C[C@]12CC[C@@H]3[C@H](CCC4=CC(=NOCC(=O)N[C@H](C(=O)O)[C@H](O)c5cccc([N+](=O)[O-])c5)CC[C@@]43C)[C@H]1CC[C@@H]2O. The lowest BCUT2D eigenvalue weighted by Crippen LogP contribution is -2.51. The number of carboxylic acids is 1. The smallest absolute Gasteiger partial charge is 0.329 e. The van der Waals surface area contributed by atoms with Gasteiger partial charge in [0.05, 0.1) is 16.7 Å². The van der Waals surface area contributed by atoms with Gasteiger partial charge in [0.1, 0.15) is 6.10 Å². The van der Waals surface area contributed by atoms with Crippen molar-refractivity contribution in [3.63, 3.8) is 0 Å². The molecule has 1 aromatic carbocycles. The number of non-ortho nitro benzene ring substituents is 1. The molecule has 3 fully saturated rings. The predicted molar refractivity (Wildman–Crippen MR) is 149 cm³/mol. The van der Waals surface area contributed by atoms with Crippen LogP contribution in [-0.4, -0.2) is 56.6 Å². The average molecular weight is 570 g/mol. The van der Waals surface area contributed by atoms with Crippen LogP contribution in [0.4, 0.5) is 5.69 Å². The highest BCUT2D eigenvalue weighted by atomic mass is 16.6. The van der Waals surface area contributed by atoms with Gasteiger partial charge >= 0.3 is 5.97 Å². The van der Waals surface area contributed by atoms with E-state index in [4.69, 9.17) is 4.84 Å². The number of hydrogen-bond donors (Lipinski definition) is 4. The molecule has 0 heterocycles. The fourth-order valence-corrected chi connectivity index (χ4v) is 8.29. The van der Waals surface area contributed by atoms with E-state index in [1.165, 1.54) is 23.8 Å². The van der Waals surface area contributed by atoms with Gasteiger partial charge in [0, 0.05) is 12.1 Å². The van der Waals surface area contributed by atoms with Gasteiger partial charge in [-0.1, -0.05) is 36.7 Å². The number of nitrogens with one attached hydrogen (secondary N) is 1. The minimum Gasteiger partial charge on any atom is -0.480 e. The third-order valence-corrected chi connectivity index (χ3v) is 10.6. The maximum absolute atomic E-state index is 12.5. The molecule has 11 nitrogen and oxygen atoms in total. The molecule has 5 rings (SSSR count). The summed E-state index contributed by atoms with van der Waals surface area (Å²) in [5, 5.41) is 48.2. The van der Waals surface area contributed by atoms with Crippen LogP contribution in [0.3, 0.4) is 0 Å². The number of amides is 1. The van der Waals surface area contributed by atoms with Gasteiger partial charge in [0.15, 0.2) is 12.6 Å². The molecule has 4 N–H and O–H groups in total. The number of oxime groups is 1. The van der Waals surface area contributed by atoms with Gasteiger partial charge in [-0.05, 0) is 91.6 Å². The van der Waals surface area contributed by atoms with E-state index >= 15 is 0 Å². The Morgan fingerprint density at radius 2 is 1.95 bits per heavy atom. The third-order valence-electron chi connectivity index (χ3n) is 10.6. The summed E-state index contributed by atoms with van der Waals surface area (Å²) in [6.07, 6.45) is 8.16. The number of nitro benzene ring substituents is 1. The Hall–Kier alpha value is -3.31. The van der Waals surface area contributed by atoms with Crippen molar-refractivity contribution in [1.82, 2.24) is 5.32 Å². The van der Waals surface area contributed by atoms with Crippen molar-refractivity contribution in [1.29, 1.82) is 0 Å². The zero-order valence-corrected chi connectivity index (χ0v) is 23.5. The van der Waals surface area contributed by atoms with Gasteiger partial charge in [-0.15, -0.1) is 0 Å². The van der Waals surface area contributed by atoms with Gasteiger partial charge in [-0.2, -0.15) is 0 Å². The number of hydrogen-bond acceptors (Lipinski definition) is 8. The molecular weight excluding hydrogens is 530 g/mol. The van der Waals surface area contributed by atoms with Crippen molar-refractivity contribution in [2.75, 3.05) is 6.61 Å². The van der Waals surface area contributed by atoms with Crippen LogP contribution >= 0.6 is 0 Å². The monoisotopic (exact) mass is 569 g/mol. The lowest BCUT2D eigenvalue weighted by Gasteiger charge is -2.57. The quantitative estimate of drug-likeness (QED) is 0.270. The maximum Gasteiger partial charge on any atom is 0.329 e. The minimum absolute atomic E-state index is 0.00800. The normalized spacial score (nSPS) is 34.8. The summed E-state index contributed by atoms with van der Waals surface area (Å²) >= 11 is 0. The Labute approximate surface area is 238 Å². The number of carbonyl (C=O) groups excluding carboxylic acids is 1. The van der Waals surface area contributed by atoms with E-state index in [1.807, 2.05) is 0 Å². The number of aliphatic hydroxyl groups excluding tert-OH is 2. The number of nitrogens with zero attached hydrogens (tertiary/aromatic N) is 2. The van der Waals surface area contributed by atoms with Crippen LogP contribution in [0.25, 0.3) is 0 Å². The van der Waals surface area contributed by atoms with Crippen molar-refractivity contribution < 1.29 is 34.7 Å². The summed E-state index contributed by atoms with van der Waals surface area (Å²) in [5.74, 6) is -0.484. The Bertz CT molecular complexity index is 1280. The second-order valence-electron chi connectivity index (χ2n) is 12.7. The number of carboxylic acid groups (broad SMARTS) is 1. The Kier molecular flexibility index (Phi) is 7.95. The van der Waals surface area contributed by atoms with E-state index in [1.54, 1.807) is 0 Å². The summed E-state index contributed by atoms with van der Waals surface area (Å²) in [6, 6.07) is 3.24. The first kappa shape index (κ1) is 29.2. The summed E-state index contributed by atoms with van der Waals surface area (Å²) in [4.78, 5) is 39.9. The summed E-state index contributed by atoms with van der Waals surface area (Å²) < 4.78 is 0. The first-order chi connectivity index (χ1) is 19.4. The van der Waals surface area contributed by atoms with Crippen LogP contribution < -0.4 is 5.32 Å². The molecule has 41 heavy (non-hydrogen) atoms. The van der Waals surface area contributed by atoms with E-state index in [2.05, 4.69) is 30.4 Å². The molecule has 8 atom stereocenters. The lowest BCUT2D eigenvalue weighted by atomic mass is 9.47. The van der Waals surface area contributed by atoms with Crippen LogP contribution in [0.2, 0.25) is 0 Å². The molecule has 3 saturated carbocycles. The zero-order valence-electron chi connectivity index (χ0n) is 23.5. The van der Waals surface area contributed by atoms with E-state index in [9.17, 15) is 35.0 Å². The summed E-state index contributed by atoms with van der Waals surface area (Å²) in [5.41, 5.74) is 1.93. The maximum atomic E-state index is 12.5. The van der Waals surface area contributed by atoms with E-state index in [0.29, 0.717) is 24.2 Å². The van der Waals surface area contributed by atoms with Crippen molar-refractivity contribution in [3.05, 3.63) is 51.6 Å². The number of benzene rings is 1. The number of nitro groups is 1. The fourth-order valence-electron chi connectivity index (χ4n) is 8.29. The topological polar surface area (TPSA) is 172 Å². The first-order valence-electron chi connectivity index (χ1n) is 14.5. The van der Waals surface area contributed by atoms with Gasteiger partial charge < -0.3 is 25.5 Å². The molecule has 0 spiro atoms. The van der Waals surface area contributed by atoms with Gasteiger partial charge in [0.25, 0.3) is 11.6 Å². The second-order valence-corrected chi connectivity index (χ2v) is 12.7. The fraction of sp³-hybridized carbons (Fsp3) is 0.633. The number of aliphatic hydroxyl groups is 2. The van der Waals surface area contributed by atoms with Crippen LogP contribution in [0.5, 0.6) is 0 Å². The average Bonchev–Trinajstić information content (AvgIpc) is 3.25. The molecule has 0 saturated heterocycles. The highest BCUT2D eigenvalue weighted by Gasteiger charge is 2.58. The Balaban J connectivity index is 1.19. The molecule has 11 heteroatoms. The number of carbonyl (C=O) groups is 2. The van der Waals surface area contributed by atoms with Crippen molar-refractivity contribution in [2.45, 2.75) is 83.5 Å². The predicted octanol–water partition coefficient (Wildman–Crippen LogP) is 3.89. The van der Waals surface area contributed by atoms with Gasteiger partial charge in [-0.25, -0.2) is 4.79 Å². The number of aliphatic carboxylic acids is 1. The molecule has 1 amide bonds. The van der Waals surface area contributed by atoms with Crippen molar-refractivity contribution >= 4 is 23.3 Å². The minimum atomic E-state index is -1.73. The lowest BCUT2D eigenvalue weighted by molar-refractivity contribution is -0.385. The molecule has 0 aromatic heterocycles. The Morgan fingerprint density at radius 1 is 1.17 bits per heavy atom. The van der Waals surface area contributed by atoms with Gasteiger partial charge in [0.2, 0.25) is 0 Å². The van der Waals surface area contributed by atoms with Gasteiger partial charge in [-0.3, -0.25) is 14.9 Å². The molecule has 0 unspecified atom stereocenters. The number of allylic oxidation sites excluding steroid dienone is 2.